The van der Waals surface area contributed by atoms with E-state index >= 15 is 0 Å². The zero-order chi connectivity index (χ0) is 21.8. The van der Waals surface area contributed by atoms with Crippen molar-refractivity contribution >= 4 is 35.8 Å². The van der Waals surface area contributed by atoms with E-state index in [2.05, 4.69) is 27.0 Å². The summed E-state index contributed by atoms with van der Waals surface area (Å²) < 4.78 is 11.3. The van der Waals surface area contributed by atoms with Crippen LogP contribution in [0.3, 0.4) is 0 Å². The summed E-state index contributed by atoms with van der Waals surface area (Å²) in [4.78, 5) is 16.0. The van der Waals surface area contributed by atoms with E-state index in [9.17, 15) is 4.79 Å². The van der Waals surface area contributed by atoms with E-state index in [4.69, 9.17) is 9.47 Å². The molecular formula is C23H33IN4O3. The fourth-order valence-corrected chi connectivity index (χ4v) is 2.95. The van der Waals surface area contributed by atoms with Gasteiger partial charge in [-0.1, -0.05) is 18.2 Å². The molecule has 0 saturated heterocycles. The van der Waals surface area contributed by atoms with Crippen molar-refractivity contribution in [3.05, 3.63) is 59.2 Å². The van der Waals surface area contributed by atoms with Crippen LogP contribution in [0.5, 0.6) is 11.5 Å². The molecule has 170 valence electrons. The van der Waals surface area contributed by atoms with Gasteiger partial charge in [0.15, 0.2) is 17.5 Å². The van der Waals surface area contributed by atoms with Crippen LogP contribution in [0, 0.1) is 0 Å². The molecule has 8 heteroatoms. The molecule has 2 aromatic rings. The first-order valence-electron chi connectivity index (χ1n) is 10.2. The van der Waals surface area contributed by atoms with Gasteiger partial charge in [0.2, 0.25) is 0 Å². The van der Waals surface area contributed by atoms with Crippen molar-refractivity contribution in [1.82, 2.24) is 16.0 Å². The SMILES string of the molecule is CCOc1ccc(CCNC(=NC)NCc2cccc(C(=O)NC)c2)cc1OCC.I. The number of ether oxygens (including phenoxy) is 2. The molecule has 0 fully saturated rings. The number of amides is 1. The van der Waals surface area contributed by atoms with E-state index in [1.54, 1.807) is 20.2 Å². The fraction of sp³-hybridized carbons (Fsp3) is 0.391. The van der Waals surface area contributed by atoms with Crippen LogP contribution < -0.4 is 25.4 Å². The second-order valence-corrected chi connectivity index (χ2v) is 6.53. The number of nitrogens with one attached hydrogen (secondary N) is 3. The molecule has 31 heavy (non-hydrogen) atoms. The second-order valence-electron chi connectivity index (χ2n) is 6.53. The van der Waals surface area contributed by atoms with Crippen LogP contribution in [0.15, 0.2) is 47.5 Å². The molecule has 0 atom stereocenters. The monoisotopic (exact) mass is 540 g/mol. The summed E-state index contributed by atoms with van der Waals surface area (Å²) in [5, 5.41) is 9.23. The number of carbonyl (C=O) groups is 1. The van der Waals surface area contributed by atoms with E-state index in [0.717, 1.165) is 35.6 Å². The number of halogens is 1. The summed E-state index contributed by atoms with van der Waals surface area (Å²) in [7, 11) is 3.36. The van der Waals surface area contributed by atoms with Crippen molar-refractivity contribution in [2.24, 2.45) is 4.99 Å². The second kappa shape index (κ2) is 14.5. The van der Waals surface area contributed by atoms with Gasteiger partial charge in [0.25, 0.3) is 5.91 Å². The van der Waals surface area contributed by atoms with Gasteiger partial charge in [-0.15, -0.1) is 24.0 Å². The maximum absolute atomic E-state index is 11.8. The zero-order valence-corrected chi connectivity index (χ0v) is 21.0. The number of guanidine groups is 1. The largest absolute Gasteiger partial charge is 0.490 e. The average Bonchev–Trinajstić information content (AvgIpc) is 2.77. The summed E-state index contributed by atoms with van der Waals surface area (Å²) in [6, 6.07) is 13.5. The summed E-state index contributed by atoms with van der Waals surface area (Å²) in [6.45, 7) is 6.42. The Bertz CT molecular complexity index is 858. The Balaban J connectivity index is 0.00000480. The van der Waals surface area contributed by atoms with Gasteiger partial charge in [-0.2, -0.15) is 0 Å². The lowest BCUT2D eigenvalue weighted by Gasteiger charge is -2.14. The normalized spacial score (nSPS) is 10.6. The predicted octanol–water partition coefficient (Wildman–Crippen LogP) is 3.37. The number of hydrogen-bond donors (Lipinski definition) is 3. The predicted molar refractivity (Wildman–Crippen MR) is 136 cm³/mol. The summed E-state index contributed by atoms with van der Waals surface area (Å²) >= 11 is 0. The van der Waals surface area contributed by atoms with E-state index in [-0.39, 0.29) is 29.9 Å². The molecule has 0 aliphatic rings. The van der Waals surface area contributed by atoms with Gasteiger partial charge in [-0.25, -0.2) is 0 Å². The van der Waals surface area contributed by atoms with Gasteiger partial charge in [0.05, 0.1) is 13.2 Å². The Morgan fingerprint density at radius 1 is 0.968 bits per heavy atom. The number of rotatable bonds is 10. The minimum absolute atomic E-state index is 0. The lowest BCUT2D eigenvalue weighted by molar-refractivity contribution is 0.0963. The molecular weight excluding hydrogens is 507 g/mol. The Hall–Kier alpha value is -2.49. The molecule has 0 heterocycles. The summed E-state index contributed by atoms with van der Waals surface area (Å²) in [6.07, 6.45) is 0.819. The Morgan fingerprint density at radius 2 is 1.71 bits per heavy atom. The van der Waals surface area contributed by atoms with Crippen LogP contribution in [0.1, 0.15) is 35.3 Å². The van der Waals surface area contributed by atoms with Crippen molar-refractivity contribution in [2.75, 3.05) is 33.9 Å². The van der Waals surface area contributed by atoms with Crippen LogP contribution in [-0.4, -0.2) is 45.7 Å². The number of benzene rings is 2. The van der Waals surface area contributed by atoms with Crippen LogP contribution in [0.2, 0.25) is 0 Å². The number of hydrogen-bond acceptors (Lipinski definition) is 4. The van der Waals surface area contributed by atoms with Gasteiger partial charge < -0.3 is 25.4 Å². The molecule has 0 spiro atoms. The molecule has 0 unspecified atom stereocenters. The van der Waals surface area contributed by atoms with Crippen molar-refractivity contribution in [3.63, 3.8) is 0 Å². The van der Waals surface area contributed by atoms with Crippen molar-refractivity contribution < 1.29 is 14.3 Å². The molecule has 0 bridgehead atoms. The van der Waals surface area contributed by atoms with E-state index in [0.29, 0.717) is 31.3 Å². The molecule has 0 aliphatic carbocycles. The molecule has 0 saturated carbocycles. The first-order valence-corrected chi connectivity index (χ1v) is 10.2. The van der Waals surface area contributed by atoms with Crippen molar-refractivity contribution in [3.8, 4) is 11.5 Å². The number of aliphatic imine (C=N–C) groups is 1. The first-order chi connectivity index (χ1) is 14.6. The van der Waals surface area contributed by atoms with Crippen LogP contribution in [0.4, 0.5) is 0 Å². The minimum Gasteiger partial charge on any atom is -0.490 e. The van der Waals surface area contributed by atoms with Crippen molar-refractivity contribution in [1.29, 1.82) is 0 Å². The minimum atomic E-state index is -0.0962. The zero-order valence-electron chi connectivity index (χ0n) is 18.7. The fourth-order valence-electron chi connectivity index (χ4n) is 2.95. The van der Waals surface area contributed by atoms with Crippen LogP contribution >= 0.6 is 24.0 Å². The highest BCUT2D eigenvalue weighted by Gasteiger charge is 2.07. The van der Waals surface area contributed by atoms with Gasteiger partial charge in [-0.3, -0.25) is 9.79 Å². The molecule has 1 amide bonds. The maximum atomic E-state index is 11.8. The Morgan fingerprint density at radius 3 is 2.39 bits per heavy atom. The van der Waals surface area contributed by atoms with Gasteiger partial charge in [0.1, 0.15) is 0 Å². The third-order valence-electron chi connectivity index (χ3n) is 4.41. The summed E-state index contributed by atoms with van der Waals surface area (Å²) in [5.41, 5.74) is 2.80. The van der Waals surface area contributed by atoms with Gasteiger partial charge in [-0.05, 0) is 55.7 Å². The number of carbonyl (C=O) groups excluding carboxylic acids is 1. The lowest BCUT2D eigenvalue weighted by Crippen LogP contribution is -2.37. The Labute approximate surface area is 202 Å². The highest BCUT2D eigenvalue weighted by Crippen LogP contribution is 2.28. The molecule has 0 radical (unpaired) electrons. The first kappa shape index (κ1) is 26.5. The van der Waals surface area contributed by atoms with E-state index in [1.165, 1.54) is 0 Å². The lowest BCUT2D eigenvalue weighted by atomic mass is 10.1. The molecule has 0 aromatic heterocycles. The number of nitrogens with zero attached hydrogens (tertiary/aromatic N) is 1. The average molecular weight is 540 g/mol. The van der Waals surface area contributed by atoms with Gasteiger partial charge >= 0.3 is 0 Å². The van der Waals surface area contributed by atoms with Gasteiger partial charge in [0, 0.05) is 32.7 Å². The highest BCUT2D eigenvalue weighted by atomic mass is 127. The third-order valence-corrected chi connectivity index (χ3v) is 4.41. The highest BCUT2D eigenvalue weighted by molar-refractivity contribution is 14.0. The Kier molecular flexibility index (Phi) is 12.4. The summed E-state index contributed by atoms with van der Waals surface area (Å²) in [5.74, 6) is 2.15. The quantitative estimate of drug-likeness (QED) is 0.245. The molecule has 0 aliphatic heterocycles. The standard InChI is InChI=1S/C23H32N4O3.HI/c1-5-29-20-11-10-17(15-21(20)30-6-2)12-13-26-23(25-4)27-16-18-8-7-9-19(14-18)22(28)24-3;/h7-11,14-15H,5-6,12-13,16H2,1-4H3,(H,24,28)(H2,25,26,27);1H. The van der Waals surface area contributed by atoms with E-state index in [1.807, 2.05) is 44.2 Å². The molecule has 2 aromatic carbocycles. The molecule has 7 nitrogen and oxygen atoms in total. The van der Waals surface area contributed by atoms with Crippen LogP contribution in [-0.2, 0) is 13.0 Å². The van der Waals surface area contributed by atoms with Crippen molar-refractivity contribution in [2.45, 2.75) is 26.8 Å². The smallest absolute Gasteiger partial charge is 0.251 e. The molecule has 3 N–H and O–H groups in total. The topological polar surface area (TPSA) is 84.0 Å². The maximum Gasteiger partial charge on any atom is 0.251 e. The van der Waals surface area contributed by atoms with Crippen LogP contribution in [0.25, 0.3) is 0 Å². The molecule has 2 rings (SSSR count). The third kappa shape index (κ3) is 8.64. The van der Waals surface area contributed by atoms with E-state index < -0.39 is 0 Å².